The molecule has 3 heteroatoms. The van der Waals surface area contributed by atoms with E-state index in [2.05, 4.69) is 64.3 Å². The molecule has 20 heavy (non-hydrogen) atoms. The Balaban J connectivity index is 1.81. The lowest BCUT2D eigenvalue weighted by Crippen LogP contribution is -2.07. The van der Waals surface area contributed by atoms with Crippen molar-refractivity contribution in [2.24, 2.45) is 0 Å². The number of rotatable bonds is 5. The van der Waals surface area contributed by atoms with Gasteiger partial charge >= 0.3 is 0 Å². The molecule has 2 aromatic carbocycles. The molecule has 3 rings (SSSR count). The van der Waals surface area contributed by atoms with Crippen LogP contribution in [0, 0.1) is 0 Å². The van der Waals surface area contributed by atoms with Crippen molar-refractivity contribution < 1.29 is 0 Å². The molecule has 0 bridgehead atoms. The second-order valence-corrected chi connectivity index (χ2v) is 4.96. The standard InChI is InChI=1S/C17H19N3/c1-2-10-20-13-18-11-15(20)12-19-17-9-5-7-14-6-3-4-8-16(14)17/h3-9,11,13,19H,2,10,12H2,1H3. The highest BCUT2D eigenvalue weighted by Crippen LogP contribution is 2.23. The first kappa shape index (κ1) is 12.7. The fourth-order valence-electron chi connectivity index (χ4n) is 2.50. The van der Waals surface area contributed by atoms with Gasteiger partial charge in [-0.15, -0.1) is 0 Å². The van der Waals surface area contributed by atoms with Gasteiger partial charge in [-0.25, -0.2) is 4.98 Å². The van der Waals surface area contributed by atoms with Crippen LogP contribution in [-0.4, -0.2) is 9.55 Å². The summed E-state index contributed by atoms with van der Waals surface area (Å²) in [6.07, 6.45) is 4.97. The first-order valence-corrected chi connectivity index (χ1v) is 7.09. The van der Waals surface area contributed by atoms with Crippen LogP contribution in [-0.2, 0) is 13.1 Å². The molecule has 0 atom stereocenters. The third kappa shape index (κ3) is 2.52. The molecule has 0 saturated carbocycles. The van der Waals surface area contributed by atoms with Gasteiger partial charge < -0.3 is 9.88 Å². The summed E-state index contributed by atoms with van der Waals surface area (Å²) in [5.74, 6) is 0. The van der Waals surface area contributed by atoms with E-state index in [0.717, 1.165) is 19.5 Å². The quantitative estimate of drug-likeness (QED) is 0.754. The average molecular weight is 265 g/mol. The maximum atomic E-state index is 4.24. The Kier molecular flexibility index (Phi) is 3.68. The molecular weight excluding hydrogens is 246 g/mol. The first-order valence-electron chi connectivity index (χ1n) is 7.09. The third-order valence-electron chi connectivity index (χ3n) is 3.51. The Morgan fingerprint density at radius 2 is 1.95 bits per heavy atom. The molecule has 0 aliphatic heterocycles. The zero-order valence-electron chi connectivity index (χ0n) is 11.7. The lowest BCUT2D eigenvalue weighted by Gasteiger charge is -2.11. The van der Waals surface area contributed by atoms with Gasteiger partial charge in [0.1, 0.15) is 0 Å². The van der Waals surface area contributed by atoms with Crippen molar-refractivity contribution in [1.82, 2.24) is 9.55 Å². The van der Waals surface area contributed by atoms with E-state index in [4.69, 9.17) is 0 Å². The van der Waals surface area contributed by atoms with Crippen LogP contribution in [0.4, 0.5) is 5.69 Å². The Morgan fingerprint density at radius 3 is 2.85 bits per heavy atom. The van der Waals surface area contributed by atoms with Crippen LogP contribution in [0.5, 0.6) is 0 Å². The van der Waals surface area contributed by atoms with Crippen molar-refractivity contribution >= 4 is 16.5 Å². The SMILES string of the molecule is CCCn1cncc1CNc1cccc2ccccc12. The first-order chi connectivity index (χ1) is 9.88. The Labute approximate surface area is 119 Å². The van der Waals surface area contributed by atoms with Gasteiger partial charge in [-0.3, -0.25) is 0 Å². The zero-order valence-corrected chi connectivity index (χ0v) is 11.7. The zero-order chi connectivity index (χ0) is 13.8. The summed E-state index contributed by atoms with van der Waals surface area (Å²) in [5, 5.41) is 6.05. The lowest BCUT2D eigenvalue weighted by molar-refractivity contribution is 0.651. The number of aryl methyl sites for hydroxylation is 1. The molecule has 0 spiro atoms. The highest BCUT2D eigenvalue weighted by Gasteiger charge is 2.03. The van der Waals surface area contributed by atoms with Crippen molar-refractivity contribution in [3.8, 4) is 0 Å². The van der Waals surface area contributed by atoms with Crippen LogP contribution in [0.2, 0.25) is 0 Å². The van der Waals surface area contributed by atoms with E-state index >= 15 is 0 Å². The van der Waals surface area contributed by atoms with Crippen molar-refractivity contribution in [1.29, 1.82) is 0 Å². The molecule has 0 amide bonds. The summed E-state index contributed by atoms with van der Waals surface area (Å²) in [6.45, 7) is 4.00. The number of imidazole rings is 1. The second kappa shape index (κ2) is 5.78. The van der Waals surface area contributed by atoms with Crippen molar-refractivity contribution in [3.63, 3.8) is 0 Å². The van der Waals surface area contributed by atoms with Crippen LogP contribution >= 0.6 is 0 Å². The largest absolute Gasteiger partial charge is 0.379 e. The number of aromatic nitrogens is 2. The van der Waals surface area contributed by atoms with E-state index in [1.54, 1.807) is 0 Å². The molecule has 0 aliphatic carbocycles. The molecule has 0 fully saturated rings. The maximum absolute atomic E-state index is 4.24. The molecule has 1 heterocycles. The van der Waals surface area contributed by atoms with Gasteiger partial charge in [-0.05, 0) is 17.9 Å². The Morgan fingerprint density at radius 1 is 1.10 bits per heavy atom. The number of benzene rings is 2. The van der Waals surface area contributed by atoms with Crippen LogP contribution in [0.3, 0.4) is 0 Å². The maximum Gasteiger partial charge on any atom is 0.0948 e. The molecule has 0 aliphatic rings. The summed E-state index contributed by atoms with van der Waals surface area (Å²) < 4.78 is 2.21. The number of hydrogen-bond donors (Lipinski definition) is 1. The van der Waals surface area contributed by atoms with E-state index in [0.29, 0.717) is 0 Å². The molecule has 0 radical (unpaired) electrons. The number of nitrogens with one attached hydrogen (secondary N) is 1. The van der Waals surface area contributed by atoms with Gasteiger partial charge in [-0.2, -0.15) is 0 Å². The number of hydrogen-bond acceptors (Lipinski definition) is 2. The predicted molar refractivity (Wildman–Crippen MR) is 83.8 cm³/mol. The Bertz CT molecular complexity index is 695. The summed E-state index contributed by atoms with van der Waals surface area (Å²) in [5.41, 5.74) is 2.40. The van der Waals surface area contributed by atoms with Gasteiger partial charge in [0, 0.05) is 23.8 Å². The molecule has 1 aromatic heterocycles. The minimum absolute atomic E-state index is 0.800. The summed E-state index contributed by atoms with van der Waals surface area (Å²) in [6, 6.07) is 14.8. The monoisotopic (exact) mass is 265 g/mol. The minimum atomic E-state index is 0.800. The van der Waals surface area contributed by atoms with E-state index in [9.17, 15) is 0 Å². The fourth-order valence-corrected chi connectivity index (χ4v) is 2.50. The van der Waals surface area contributed by atoms with E-state index in [-0.39, 0.29) is 0 Å². The van der Waals surface area contributed by atoms with Crippen LogP contribution in [0.15, 0.2) is 55.0 Å². The van der Waals surface area contributed by atoms with E-state index in [1.807, 2.05) is 12.5 Å². The fraction of sp³-hybridized carbons (Fsp3) is 0.235. The summed E-state index contributed by atoms with van der Waals surface area (Å²) >= 11 is 0. The summed E-state index contributed by atoms with van der Waals surface area (Å²) in [4.78, 5) is 4.24. The number of anilines is 1. The molecule has 3 nitrogen and oxygen atoms in total. The average Bonchev–Trinajstić information content (AvgIpc) is 2.93. The second-order valence-electron chi connectivity index (χ2n) is 4.96. The van der Waals surface area contributed by atoms with Crippen molar-refractivity contribution in [2.45, 2.75) is 26.4 Å². The predicted octanol–water partition coefficient (Wildman–Crippen LogP) is 4.06. The van der Waals surface area contributed by atoms with Crippen LogP contribution < -0.4 is 5.32 Å². The Hall–Kier alpha value is -2.29. The molecule has 3 aromatic rings. The molecule has 102 valence electrons. The van der Waals surface area contributed by atoms with Gasteiger partial charge in [-0.1, -0.05) is 43.3 Å². The lowest BCUT2D eigenvalue weighted by atomic mass is 10.1. The number of fused-ring (bicyclic) bond motifs is 1. The van der Waals surface area contributed by atoms with E-state index in [1.165, 1.54) is 22.2 Å². The van der Waals surface area contributed by atoms with E-state index < -0.39 is 0 Å². The highest BCUT2D eigenvalue weighted by atomic mass is 15.1. The molecular formula is C17H19N3. The highest BCUT2D eigenvalue weighted by molar-refractivity contribution is 5.93. The van der Waals surface area contributed by atoms with Gasteiger partial charge in [0.05, 0.1) is 18.6 Å². The van der Waals surface area contributed by atoms with Crippen molar-refractivity contribution in [2.75, 3.05) is 5.32 Å². The van der Waals surface area contributed by atoms with Gasteiger partial charge in [0.2, 0.25) is 0 Å². The minimum Gasteiger partial charge on any atom is -0.379 e. The third-order valence-corrected chi connectivity index (χ3v) is 3.51. The molecule has 1 N–H and O–H groups in total. The normalized spacial score (nSPS) is 10.8. The number of nitrogens with zero attached hydrogens (tertiary/aromatic N) is 2. The van der Waals surface area contributed by atoms with Crippen LogP contribution in [0.1, 0.15) is 19.0 Å². The smallest absolute Gasteiger partial charge is 0.0948 e. The van der Waals surface area contributed by atoms with Crippen LogP contribution in [0.25, 0.3) is 10.8 Å². The van der Waals surface area contributed by atoms with Gasteiger partial charge in [0.25, 0.3) is 0 Å². The van der Waals surface area contributed by atoms with Gasteiger partial charge in [0.15, 0.2) is 0 Å². The topological polar surface area (TPSA) is 29.9 Å². The van der Waals surface area contributed by atoms with Crippen molar-refractivity contribution in [3.05, 3.63) is 60.7 Å². The summed E-state index contributed by atoms with van der Waals surface area (Å²) in [7, 11) is 0. The molecule has 0 saturated heterocycles. The molecule has 0 unspecified atom stereocenters.